The molecule has 0 unspecified atom stereocenters. The zero-order valence-electron chi connectivity index (χ0n) is 11.1. The number of nitrogens with two attached hydrogens (primary N) is 1. The Hall–Kier alpha value is -2.56. The van der Waals surface area contributed by atoms with Gasteiger partial charge in [-0.25, -0.2) is 0 Å². The van der Waals surface area contributed by atoms with E-state index in [4.69, 9.17) is 5.73 Å². The van der Waals surface area contributed by atoms with Gasteiger partial charge < -0.3 is 5.73 Å². The van der Waals surface area contributed by atoms with E-state index >= 15 is 0 Å². The van der Waals surface area contributed by atoms with Crippen LogP contribution in [0.15, 0.2) is 60.7 Å². The van der Waals surface area contributed by atoms with Crippen molar-refractivity contribution < 1.29 is 0 Å². The van der Waals surface area contributed by atoms with Gasteiger partial charge in [-0.3, -0.25) is 0 Å². The highest BCUT2D eigenvalue weighted by atomic mass is 14.5. The van der Waals surface area contributed by atoms with Gasteiger partial charge in [0, 0.05) is 0 Å². The summed E-state index contributed by atoms with van der Waals surface area (Å²) < 4.78 is 0. The molecule has 4 aromatic carbocycles. The third-order valence-electron chi connectivity index (χ3n) is 3.51. The molecule has 0 aliphatic heterocycles. The zero-order chi connectivity index (χ0) is 13.9. The van der Waals surface area contributed by atoms with Crippen LogP contribution in [0.3, 0.4) is 0 Å². The van der Waals surface area contributed by atoms with Crippen molar-refractivity contribution in [1.29, 1.82) is 0 Å². The van der Waals surface area contributed by atoms with Crippen LogP contribution in [0.25, 0.3) is 32.3 Å². The fourth-order valence-corrected chi connectivity index (χ4v) is 2.67. The summed E-state index contributed by atoms with van der Waals surface area (Å²) in [5.41, 5.74) is 4.79. The van der Waals surface area contributed by atoms with Crippen LogP contribution in [-0.4, -0.2) is 6.54 Å². The second kappa shape index (κ2) is 5.21. The van der Waals surface area contributed by atoms with Crippen LogP contribution in [0.2, 0.25) is 0 Å². The van der Waals surface area contributed by atoms with E-state index in [1.807, 2.05) is 0 Å². The van der Waals surface area contributed by atoms with Crippen LogP contribution < -0.4 is 5.73 Å². The highest BCUT2D eigenvalue weighted by Gasteiger charge is 2.05. The lowest BCUT2D eigenvalue weighted by Gasteiger charge is -2.09. The predicted octanol–water partition coefficient (Wildman–Crippen LogP) is 4.16. The molecule has 20 heavy (non-hydrogen) atoms. The molecule has 2 N–H and O–H groups in total. The van der Waals surface area contributed by atoms with E-state index in [1.165, 1.54) is 32.3 Å². The Labute approximate surface area is 118 Å². The topological polar surface area (TPSA) is 26.0 Å². The summed E-state index contributed by atoms with van der Waals surface area (Å²) in [5, 5.41) is 8.14. The average Bonchev–Trinajstić information content (AvgIpc) is 2.53. The average molecular weight is 257 g/mol. The second-order valence-corrected chi connectivity index (χ2v) is 4.70. The lowest BCUT2D eigenvalue weighted by Crippen LogP contribution is -1.91. The van der Waals surface area contributed by atoms with Crippen molar-refractivity contribution >= 4 is 32.3 Å². The molecule has 0 bridgehead atoms. The van der Waals surface area contributed by atoms with Gasteiger partial charge in [0.05, 0.1) is 6.54 Å². The van der Waals surface area contributed by atoms with Gasteiger partial charge in [-0.05, 0) is 32.3 Å². The number of hydrogen-bond donors (Lipinski definition) is 1. The van der Waals surface area contributed by atoms with Gasteiger partial charge in [-0.15, -0.1) is 6.42 Å². The van der Waals surface area contributed by atoms with Gasteiger partial charge in [-0.1, -0.05) is 66.6 Å². The maximum Gasteiger partial charge on any atom is 0.0548 e. The third kappa shape index (κ3) is 1.97. The van der Waals surface area contributed by atoms with Crippen molar-refractivity contribution in [1.82, 2.24) is 0 Å². The molecular weight excluding hydrogens is 242 g/mol. The monoisotopic (exact) mass is 257 g/mol. The van der Waals surface area contributed by atoms with E-state index in [0.717, 1.165) is 0 Å². The van der Waals surface area contributed by atoms with Gasteiger partial charge in [-0.2, -0.15) is 0 Å². The smallest absolute Gasteiger partial charge is 0.0548 e. The van der Waals surface area contributed by atoms with E-state index in [0.29, 0.717) is 6.54 Å². The molecule has 0 amide bonds. The van der Waals surface area contributed by atoms with Gasteiger partial charge in [0.2, 0.25) is 0 Å². The Morgan fingerprint density at radius 2 is 1.00 bits per heavy atom. The largest absolute Gasteiger partial charge is 0.320 e. The van der Waals surface area contributed by atoms with E-state index in [1.54, 1.807) is 0 Å². The zero-order valence-corrected chi connectivity index (χ0v) is 11.1. The Bertz CT molecular complexity index is 770. The van der Waals surface area contributed by atoms with Crippen LogP contribution in [-0.2, 0) is 0 Å². The molecule has 0 aliphatic carbocycles. The SMILES string of the molecule is C#CCN.c1cc2ccc3cccc4ccc(c1)c2c34. The fourth-order valence-electron chi connectivity index (χ4n) is 2.67. The van der Waals surface area contributed by atoms with Crippen LogP contribution >= 0.6 is 0 Å². The van der Waals surface area contributed by atoms with Gasteiger partial charge in [0.25, 0.3) is 0 Å². The minimum absolute atomic E-state index is 0.347. The highest BCUT2D eigenvalue weighted by Crippen LogP contribution is 2.33. The summed E-state index contributed by atoms with van der Waals surface area (Å²) in [6, 6.07) is 21.9. The molecule has 1 nitrogen and oxygen atoms in total. The van der Waals surface area contributed by atoms with Gasteiger partial charge in [0.15, 0.2) is 0 Å². The minimum atomic E-state index is 0.347. The summed E-state index contributed by atoms with van der Waals surface area (Å²) in [6.07, 6.45) is 4.65. The van der Waals surface area contributed by atoms with Crippen LogP contribution in [0.4, 0.5) is 0 Å². The Morgan fingerprint density at radius 1 is 0.700 bits per heavy atom. The molecule has 0 aromatic heterocycles. The first-order valence-electron chi connectivity index (χ1n) is 6.61. The first-order valence-corrected chi connectivity index (χ1v) is 6.61. The number of terminal acetylenes is 1. The second-order valence-electron chi connectivity index (χ2n) is 4.70. The van der Waals surface area contributed by atoms with Crippen molar-refractivity contribution in [3.8, 4) is 12.3 Å². The van der Waals surface area contributed by atoms with Crippen LogP contribution in [0.5, 0.6) is 0 Å². The van der Waals surface area contributed by atoms with Crippen molar-refractivity contribution in [2.75, 3.05) is 6.54 Å². The maximum absolute atomic E-state index is 4.79. The third-order valence-corrected chi connectivity index (χ3v) is 3.51. The molecule has 0 aliphatic rings. The lowest BCUT2D eigenvalue weighted by molar-refractivity contribution is 1.30. The number of hydrogen-bond acceptors (Lipinski definition) is 1. The summed E-state index contributed by atoms with van der Waals surface area (Å²) in [7, 11) is 0. The summed E-state index contributed by atoms with van der Waals surface area (Å²) in [5.74, 6) is 2.21. The van der Waals surface area contributed by atoms with Crippen LogP contribution in [0.1, 0.15) is 0 Å². The number of rotatable bonds is 0. The van der Waals surface area contributed by atoms with Crippen molar-refractivity contribution in [2.24, 2.45) is 5.73 Å². The maximum atomic E-state index is 4.79. The van der Waals surface area contributed by atoms with E-state index in [2.05, 4.69) is 73.0 Å². The molecule has 0 radical (unpaired) electrons. The molecular formula is C19H15N. The summed E-state index contributed by atoms with van der Waals surface area (Å²) >= 11 is 0. The molecule has 96 valence electrons. The van der Waals surface area contributed by atoms with Crippen molar-refractivity contribution in [3.05, 3.63) is 60.7 Å². The molecule has 0 spiro atoms. The molecule has 0 saturated carbocycles. The Morgan fingerprint density at radius 3 is 1.25 bits per heavy atom. The molecule has 1 heteroatoms. The van der Waals surface area contributed by atoms with Crippen LogP contribution in [0, 0.1) is 12.3 Å². The van der Waals surface area contributed by atoms with E-state index in [9.17, 15) is 0 Å². The normalized spacial score (nSPS) is 10.4. The Kier molecular flexibility index (Phi) is 3.25. The van der Waals surface area contributed by atoms with E-state index < -0.39 is 0 Å². The van der Waals surface area contributed by atoms with Crippen molar-refractivity contribution in [3.63, 3.8) is 0 Å². The lowest BCUT2D eigenvalue weighted by atomic mass is 9.95. The molecule has 4 rings (SSSR count). The van der Waals surface area contributed by atoms with Gasteiger partial charge >= 0.3 is 0 Å². The first kappa shape index (κ1) is 12.5. The number of benzene rings is 4. The quantitative estimate of drug-likeness (QED) is 0.371. The predicted molar refractivity (Wildman–Crippen MR) is 88.0 cm³/mol. The minimum Gasteiger partial charge on any atom is -0.320 e. The van der Waals surface area contributed by atoms with Crippen molar-refractivity contribution in [2.45, 2.75) is 0 Å². The molecule has 0 heterocycles. The molecule has 4 aromatic rings. The molecule has 0 saturated heterocycles. The standard InChI is InChI=1S/C16H10.C3H5N/c1-3-11-7-9-13-5-2-6-14-10-8-12(4-1)15(11)16(13)14;1-2-3-4/h1-10H;1H,3-4H2. The van der Waals surface area contributed by atoms with E-state index in [-0.39, 0.29) is 0 Å². The highest BCUT2D eigenvalue weighted by molar-refractivity contribution is 6.22. The summed E-state index contributed by atoms with van der Waals surface area (Å²) in [4.78, 5) is 0. The Balaban J connectivity index is 0.000000272. The summed E-state index contributed by atoms with van der Waals surface area (Å²) in [6.45, 7) is 0.347. The first-order chi connectivity index (χ1) is 9.85. The fraction of sp³-hybridized carbons (Fsp3) is 0.0526. The molecule has 0 atom stereocenters. The van der Waals surface area contributed by atoms with Gasteiger partial charge in [0.1, 0.15) is 0 Å². The molecule has 0 fully saturated rings.